The van der Waals surface area contributed by atoms with E-state index < -0.39 is 5.54 Å². The summed E-state index contributed by atoms with van der Waals surface area (Å²) in [6, 6.07) is 0.752. The van der Waals surface area contributed by atoms with Crippen molar-refractivity contribution in [1.29, 1.82) is 0 Å². The smallest absolute Gasteiger partial charge is 0.238 e. The third kappa shape index (κ3) is 3.59. The lowest BCUT2D eigenvalue weighted by Crippen LogP contribution is -2.58. The molecule has 0 aromatic rings. The van der Waals surface area contributed by atoms with Crippen molar-refractivity contribution in [1.82, 2.24) is 10.2 Å². The van der Waals surface area contributed by atoms with Crippen molar-refractivity contribution >= 4 is 5.91 Å². The first-order valence-corrected chi connectivity index (χ1v) is 8.93. The van der Waals surface area contributed by atoms with Gasteiger partial charge in [0.05, 0.1) is 0 Å². The maximum absolute atomic E-state index is 12.0. The second kappa shape index (κ2) is 7.59. The van der Waals surface area contributed by atoms with Crippen molar-refractivity contribution in [2.45, 2.75) is 76.8 Å². The Morgan fingerprint density at radius 3 is 2.76 bits per heavy atom. The molecule has 0 aromatic heterocycles. The number of hydrogen-bond donors (Lipinski definition) is 2. The number of piperidine rings is 1. The summed E-state index contributed by atoms with van der Waals surface area (Å²) in [5.41, 5.74) is 5.32. The van der Waals surface area contributed by atoms with Crippen LogP contribution in [0, 0.1) is 5.92 Å². The summed E-state index contributed by atoms with van der Waals surface area (Å²) in [6.07, 6.45) is 9.58. The monoisotopic (exact) mass is 295 g/mol. The SMILES string of the molecule is CCNC1(C(N)=O)CCCC1CCN1CCCCC1CC. The zero-order valence-corrected chi connectivity index (χ0v) is 13.9. The molecule has 0 spiro atoms. The lowest BCUT2D eigenvalue weighted by molar-refractivity contribution is -0.126. The quantitative estimate of drug-likeness (QED) is 0.757. The van der Waals surface area contributed by atoms with E-state index in [2.05, 4.69) is 24.1 Å². The highest BCUT2D eigenvalue weighted by atomic mass is 16.1. The molecule has 21 heavy (non-hydrogen) atoms. The Bertz CT molecular complexity index is 347. The highest BCUT2D eigenvalue weighted by Gasteiger charge is 2.46. The number of amides is 1. The fraction of sp³-hybridized carbons (Fsp3) is 0.941. The van der Waals surface area contributed by atoms with Crippen LogP contribution < -0.4 is 11.1 Å². The minimum atomic E-state index is -0.438. The van der Waals surface area contributed by atoms with Gasteiger partial charge in [-0.1, -0.05) is 26.7 Å². The summed E-state index contributed by atoms with van der Waals surface area (Å²) >= 11 is 0. The number of likely N-dealkylation sites (N-methyl/N-ethyl adjacent to an activating group) is 1. The summed E-state index contributed by atoms with van der Waals surface area (Å²) in [5, 5.41) is 3.43. The molecular formula is C17H33N3O. The topological polar surface area (TPSA) is 58.4 Å². The fourth-order valence-electron chi connectivity index (χ4n) is 4.57. The maximum Gasteiger partial charge on any atom is 0.238 e. The van der Waals surface area contributed by atoms with Gasteiger partial charge in [0.2, 0.25) is 5.91 Å². The molecule has 1 aliphatic heterocycles. The second-order valence-corrected chi connectivity index (χ2v) is 6.84. The molecule has 1 amide bonds. The van der Waals surface area contributed by atoms with Gasteiger partial charge in [-0.25, -0.2) is 0 Å². The van der Waals surface area contributed by atoms with Crippen molar-refractivity contribution in [3.63, 3.8) is 0 Å². The fourth-order valence-corrected chi connectivity index (χ4v) is 4.57. The van der Waals surface area contributed by atoms with Crippen molar-refractivity contribution in [3.8, 4) is 0 Å². The number of nitrogens with one attached hydrogen (secondary N) is 1. The largest absolute Gasteiger partial charge is 0.368 e. The van der Waals surface area contributed by atoms with E-state index in [1.807, 2.05) is 0 Å². The van der Waals surface area contributed by atoms with Gasteiger partial charge < -0.3 is 16.0 Å². The van der Waals surface area contributed by atoms with E-state index in [1.54, 1.807) is 0 Å². The average Bonchev–Trinajstić information content (AvgIpc) is 2.90. The van der Waals surface area contributed by atoms with Crippen molar-refractivity contribution < 1.29 is 4.79 Å². The van der Waals surface area contributed by atoms with E-state index in [9.17, 15) is 4.79 Å². The second-order valence-electron chi connectivity index (χ2n) is 6.84. The Labute approximate surface area is 129 Å². The minimum Gasteiger partial charge on any atom is -0.368 e. The zero-order valence-electron chi connectivity index (χ0n) is 13.9. The molecule has 2 fully saturated rings. The first kappa shape index (κ1) is 16.8. The minimum absolute atomic E-state index is 0.141. The first-order chi connectivity index (χ1) is 10.1. The van der Waals surface area contributed by atoms with Gasteiger partial charge in [0.25, 0.3) is 0 Å². The number of carbonyl (C=O) groups excluding carboxylic acids is 1. The molecule has 122 valence electrons. The number of rotatable bonds is 7. The van der Waals surface area contributed by atoms with Crippen molar-refractivity contribution in [3.05, 3.63) is 0 Å². The average molecular weight is 295 g/mol. The lowest BCUT2D eigenvalue weighted by atomic mass is 9.83. The van der Waals surface area contributed by atoms with Gasteiger partial charge >= 0.3 is 0 Å². The number of likely N-dealkylation sites (tertiary alicyclic amines) is 1. The van der Waals surface area contributed by atoms with Gasteiger partial charge in [0.1, 0.15) is 5.54 Å². The number of primary amides is 1. The van der Waals surface area contributed by atoms with Crippen molar-refractivity contribution in [2.24, 2.45) is 11.7 Å². The van der Waals surface area contributed by atoms with Crippen LogP contribution >= 0.6 is 0 Å². The summed E-state index contributed by atoms with van der Waals surface area (Å²) in [4.78, 5) is 14.7. The number of hydrogen-bond acceptors (Lipinski definition) is 3. The lowest BCUT2D eigenvalue weighted by Gasteiger charge is -2.38. The Morgan fingerprint density at radius 1 is 1.29 bits per heavy atom. The predicted molar refractivity (Wildman–Crippen MR) is 87.1 cm³/mol. The molecule has 0 aromatic carbocycles. The van der Waals surface area contributed by atoms with Crippen LogP contribution in [-0.4, -0.2) is 42.0 Å². The van der Waals surface area contributed by atoms with E-state index in [-0.39, 0.29) is 5.91 Å². The van der Waals surface area contributed by atoms with E-state index in [0.29, 0.717) is 5.92 Å². The maximum atomic E-state index is 12.0. The molecule has 1 aliphatic carbocycles. The number of carbonyl (C=O) groups is 1. The predicted octanol–water partition coefficient (Wildman–Crippen LogP) is 2.27. The molecule has 1 saturated heterocycles. The number of nitrogens with zero attached hydrogens (tertiary/aromatic N) is 1. The third-order valence-electron chi connectivity index (χ3n) is 5.74. The van der Waals surface area contributed by atoms with Crippen molar-refractivity contribution in [2.75, 3.05) is 19.6 Å². The van der Waals surface area contributed by atoms with E-state index in [0.717, 1.165) is 44.8 Å². The zero-order chi connectivity index (χ0) is 15.3. The van der Waals surface area contributed by atoms with Crippen LogP contribution in [0.15, 0.2) is 0 Å². The Balaban J connectivity index is 1.95. The summed E-state index contributed by atoms with van der Waals surface area (Å²) in [5.74, 6) is 0.270. The van der Waals surface area contributed by atoms with E-state index >= 15 is 0 Å². The first-order valence-electron chi connectivity index (χ1n) is 8.93. The van der Waals surface area contributed by atoms with Crippen LogP contribution in [0.25, 0.3) is 0 Å². The summed E-state index contributed by atoms with van der Waals surface area (Å²) in [7, 11) is 0. The van der Waals surface area contributed by atoms with Gasteiger partial charge in [-0.05, 0) is 64.1 Å². The molecule has 4 heteroatoms. The normalized spacial score (nSPS) is 34.2. The summed E-state index contributed by atoms with van der Waals surface area (Å²) < 4.78 is 0. The Morgan fingerprint density at radius 2 is 2.10 bits per heavy atom. The molecule has 0 radical (unpaired) electrons. The summed E-state index contributed by atoms with van der Waals surface area (Å²) in [6.45, 7) is 7.54. The molecule has 3 N–H and O–H groups in total. The van der Waals surface area contributed by atoms with Crippen LogP contribution in [0.3, 0.4) is 0 Å². The van der Waals surface area contributed by atoms with Gasteiger partial charge in [-0.3, -0.25) is 4.79 Å². The van der Waals surface area contributed by atoms with Gasteiger partial charge in [0, 0.05) is 6.04 Å². The van der Waals surface area contributed by atoms with Crippen LogP contribution in [0.2, 0.25) is 0 Å². The molecule has 4 nitrogen and oxygen atoms in total. The highest BCUT2D eigenvalue weighted by Crippen LogP contribution is 2.38. The van der Waals surface area contributed by atoms with Gasteiger partial charge in [-0.2, -0.15) is 0 Å². The molecule has 0 bridgehead atoms. The van der Waals surface area contributed by atoms with Gasteiger partial charge in [-0.15, -0.1) is 0 Å². The molecule has 1 heterocycles. The van der Waals surface area contributed by atoms with Crippen LogP contribution in [-0.2, 0) is 4.79 Å². The van der Waals surface area contributed by atoms with Crippen LogP contribution in [0.1, 0.15) is 65.2 Å². The number of nitrogens with two attached hydrogens (primary N) is 1. The standard InChI is InChI=1S/C17H33N3O/c1-3-15-9-5-6-12-20(15)13-10-14-8-7-11-17(14,16(18)21)19-4-2/h14-15,19H,3-13H2,1-2H3,(H2,18,21). The Kier molecular flexibility index (Phi) is 6.06. The van der Waals surface area contributed by atoms with Crippen LogP contribution in [0.4, 0.5) is 0 Å². The highest BCUT2D eigenvalue weighted by molar-refractivity contribution is 5.85. The van der Waals surface area contributed by atoms with E-state index in [1.165, 1.54) is 32.2 Å². The molecule has 3 unspecified atom stereocenters. The molecule has 2 aliphatic rings. The van der Waals surface area contributed by atoms with E-state index in [4.69, 9.17) is 5.73 Å². The molecule has 3 atom stereocenters. The molecular weight excluding hydrogens is 262 g/mol. The third-order valence-corrected chi connectivity index (χ3v) is 5.74. The molecule has 1 saturated carbocycles. The molecule has 2 rings (SSSR count). The van der Waals surface area contributed by atoms with Crippen LogP contribution in [0.5, 0.6) is 0 Å². The van der Waals surface area contributed by atoms with Gasteiger partial charge in [0.15, 0.2) is 0 Å². The Hall–Kier alpha value is -0.610.